The summed E-state index contributed by atoms with van der Waals surface area (Å²) in [6, 6.07) is 51.6. The van der Waals surface area contributed by atoms with Gasteiger partial charge in [0.05, 0.1) is 39.2 Å². The smallest absolute Gasteiger partial charge is 0.434 e. The molecule has 0 spiro atoms. The Labute approximate surface area is 474 Å². The fourth-order valence-electron chi connectivity index (χ4n) is 9.76. The molecule has 0 atom stereocenters. The molecule has 0 unspecified atom stereocenters. The van der Waals surface area contributed by atoms with E-state index in [0.717, 1.165) is 72.9 Å². The molecule has 6 aromatic heterocycles. The van der Waals surface area contributed by atoms with Crippen molar-refractivity contribution in [1.29, 1.82) is 0 Å². The monoisotopic (exact) mass is 1110 g/mol. The predicted molar refractivity (Wildman–Crippen MR) is 314 cm³/mol. The summed E-state index contributed by atoms with van der Waals surface area (Å²) in [6.45, 7) is 11.6. The van der Waals surface area contributed by atoms with E-state index >= 15 is 0 Å². The number of hydrogen-bond acceptors (Lipinski definition) is 9. The lowest BCUT2D eigenvalue weighted by Crippen LogP contribution is -2.11. The molecule has 0 aliphatic carbocycles. The zero-order chi connectivity index (χ0) is 58.1. The molecule has 0 fully saturated rings. The van der Waals surface area contributed by atoms with E-state index in [1.54, 1.807) is 78.2 Å². The second-order valence-corrected chi connectivity index (χ2v) is 19.3. The van der Waals surface area contributed by atoms with Gasteiger partial charge in [-0.05, 0) is 132 Å². The second kappa shape index (κ2) is 23.2. The summed E-state index contributed by atoms with van der Waals surface area (Å²) in [4.78, 5) is 60.6. The topological polar surface area (TPSA) is 204 Å². The Morgan fingerprint density at radius 1 is 0.398 bits per heavy atom. The molecule has 15 nitrogen and oxygen atoms in total. The number of benzene rings is 6. The highest BCUT2D eigenvalue weighted by atomic mass is 19.4. The van der Waals surface area contributed by atoms with Gasteiger partial charge in [0.25, 0.3) is 0 Å². The number of aromatic nitrogens is 9. The van der Waals surface area contributed by atoms with Crippen molar-refractivity contribution < 1.29 is 42.9 Å². The summed E-state index contributed by atoms with van der Waals surface area (Å²) in [6.07, 6.45) is -4.66. The van der Waals surface area contributed by atoms with Crippen LogP contribution < -0.4 is 0 Å². The molecular formula is C65H54F3N9O6. The lowest BCUT2D eigenvalue weighted by molar-refractivity contribution is -0.139. The largest absolute Gasteiger partial charge is 0.478 e. The van der Waals surface area contributed by atoms with Crippen LogP contribution in [-0.2, 0) is 6.18 Å². The minimum atomic E-state index is -4.66. The van der Waals surface area contributed by atoms with Crippen molar-refractivity contribution in [3.63, 3.8) is 0 Å². The number of rotatable bonds is 9. The first-order chi connectivity index (χ1) is 39.2. The Morgan fingerprint density at radius 3 is 1.11 bits per heavy atom. The fourth-order valence-corrected chi connectivity index (χ4v) is 9.76. The highest BCUT2D eigenvalue weighted by molar-refractivity contribution is 5.91. The molecule has 83 heavy (non-hydrogen) atoms. The van der Waals surface area contributed by atoms with Crippen molar-refractivity contribution in [2.24, 2.45) is 0 Å². The SMILES string of the molecule is C.Cc1cc(C(=O)O)ccc1-n1c(C)cc2c(C)nc(-c3ccccc3)nc21.Cc1cc2c(C(F)(F)F)nc(-c3ccccc3)nc2n1-c1ccc(C(=O)O)cc1.Cc1nc(-c2ccccc2)nc2c1cc(C)n2-c1ccc(C(=O)O)cc1. The van der Waals surface area contributed by atoms with E-state index in [2.05, 4.69) is 36.6 Å². The molecule has 18 heteroatoms. The number of aryl methyl sites for hydroxylation is 6. The highest BCUT2D eigenvalue weighted by Crippen LogP contribution is 2.37. The maximum absolute atomic E-state index is 13.7. The number of carboxylic acid groups (broad SMARTS) is 3. The van der Waals surface area contributed by atoms with E-state index in [-0.39, 0.29) is 41.0 Å². The van der Waals surface area contributed by atoms with Gasteiger partial charge in [0, 0.05) is 55.9 Å². The van der Waals surface area contributed by atoms with Crippen LogP contribution in [0.25, 0.3) is 84.3 Å². The van der Waals surface area contributed by atoms with Gasteiger partial charge in [0.15, 0.2) is 23.2 Å². The van der Waals surface area contributed by atoms with Crippen LogP contribution in [0.2, 0.25) is 0 Å². The molecular weight excluding hydrogens is 1060 g/mol. The Hall–Kier alpha value is -10.6. The van der Waals surface area contributed by atoms with Crippen molar-refractivity contribution in [1.82, 2.24) is 43.6 Å². The molecule has 12 rings (SSSR count). The van der Waals surface area contributed by atoms with Gasteiger partial charge in [-0.1, -0.05) is 98.4 Å². The average Bonchev–Trinajstić information content (AvgIpc) is 4.35. The Morgan fingerprint density at radius 2 is 0.735 bits per heavy atom. The molecule has 3 N–H and O–H groups in total. The quantitative estimate of drug-likeness (QED) is 0.124. The van der Waals surface area contributed by atoms with E-state index in [9.17, 15) is 32.7 Å². The van der Waals surface area contributed by atoms with Crippen LogP contribution >= 0.6 is 0 Å². The molecule has 416 valence electrons. The average molecular weight is 1110 g/mol. The van der Waals surface area contributed by atoms with Gasteiger partial charge >= 0.3 is 24.1 Å². The molecule has 0 bridgehead atoms. The number of aromatic carboxylic acids is 3. The minimum Gasteiger partial charge on any atom is -0.478 e. The molecule has 0 aliphatic heterocycles. The van der Waals surface area contributed by atoms with Crippen molar-refractivity contribution >= 4 is 51.0 Å². The standard InChI is InChI=1S/C22H19N3O2.C21H14F3N3O2.C21H17N3O2.CH4/c1-13-11-17(22(26)27)9-10-19(13)25-14(2)12-18-15(3)23-20(24-21(18)25)16-7-5-4-6-8-16;1-12-11-16-17(21(22,23)24)25-18(13-5-3-2-4-6-13)26-19(16)27(12)15-9-7-14(8-10-15)20(28)29;1-13-12-18-14(2)22-19(15-6-4-3-5-7-15)23-20(18)24(13)17-10-8-16(9-11-17)21(25)26;/h4-12H,1-3H3,(H,26,27);2-11H,1H3,(H,28,29);3-12H,1-2H3,(H,25,26);1H4. The van der Waals surface area contributed by atoms with Crippen molar-refractivity contribution in [3.05, 3.63) is 232 Å². The fraction of sp³-hybridized carbons (Fsp3) is 0.123. The second-order valence-electron chi connectivity index (χ2n) is 19.3. The Kier molecular flexibility index (Phi) is 16.0. The van der Waals surface area contributed by atoms with Gasteiger partial charge in [0.1, 0.15) is 16.9 Å². The number of fused-ring (bicyclic) bond motifs is 3. The Bertz CT molecular complexity index is 4410. The number of alkyl halides is 3. The third-order valence-electron chi connectivity index (χ3n) is 13.7. The van der Waals surface area contributed by atoms with Crippen LogP contribution in [0.1, 0.15) is 78.2 Å². The molecule has 0 radical (unpaired) electrons. The normalized spacial score (nSPS) is 11.1. The van der Waals surface area contributed by atoms with E-state index in [1.807, 2.05) is 106 Å². The summed E-state index contributed by atoms with van der Waals surface area (Å²) < 4.78 is 46.9. The van der Waals surface area contributed by atoms with Gasteiger partial charge in [0.2, 0.25) is 0 Å². The minimum absolute atomic E-state index is 0. The number of nitrogens with zero attached hydrogens (tertiary/aromatic N) is 9. The third-order valence-corrected chi connectivity index (χ3v) is 13.7. The van der Waals surface area contributed by atoms with Crippen molar-refractivity contribution in [2.45, 2.75) is 55.1 Å². The molecule has 12 aromatic rings. The molecule has 0 aliphatic rings. The molecule has 0 saturated carbocycles. The lowest BCUT2D eigenvalue weighted by atomic mass is 10.1. The summed E-state index contributed by atoms with van der Waals surface area (Å²) in [5.74, 6) is -1.62. The first kappa shape index (κ1) is 57.1. The molecule has 6 aromatic carbocycles. The zero-order valence-electron chi connectivity index (χ0n) is 45.0. The number of halogens is 3. The molecule has 0 amide bonds. The van der Waals surface area contributed by atoms with Gasteiger partial charge in [-0.15, -0.1) is 0 Å². The van der Waals surface area contributed by atoms with Crippen LogP contribution in [-0.4, -0.2) is 76.8 Å². The van der Waals surface area contributed by atoms with E-state index in [4.69, 9.17) is 20.2 Å². The molecule has 6 heterocycles. The van der Waals surface area contributed by atoms with Crippen LogP contribution in [0.4, 0.5) is 13.2 Å². The number of carbonyl (C=O) groups is 3. The zero-order valence-corrected chi connectivity index (χ0v) is 45.0. The van der Waals surface area contributed by atoms with Crippen molar-refractivity contribution in [2.75, 3.05) is 0 Å². The number of carboxylic acids is 3. The van der Waals surface area contributed by atoms with E-state index in [0.29, 0.717) is 28.6 Å². The van der Waals surface area contributed by atoms with Crippen LogP contribution in [0, 0.1) is 41.5 Å². The first-order valence-electron chi connectivity index (χ1n) is 25.6. The van der Waals surface area contributed by atoms with Crippen molar-refractivity contribution in [3.8, 4) is 51.2 Å². The van der Waals surface area contributed by atoms with Gasteiger partial charge < -0.3 is 15.3 Å². The maximum Gasteiger partial charge on any atom is 0.434 e. The maximum atomic E-state index is 13.7. The first-order valence-corrected chi connectivity index (χ1v) is 25.6. The van der Waals surface area contributed by atoms with Gasteiger partial charge in [-0.2, -0.15) is 13.2 Å². The van der Waals surface area contributed by atoms with Crippen LogP contribution in [0.5, 0.6) is 0 Å². The molecule has 0 saturated heterocycles. The highest BCUT2D eigenvalue weighted by Gasteiger charge is 2.37. The lowest BCUT2D eigenvalue weighted by Gasteiger charge is -2.12. The van der Waals surface area contributed by atoms with E-state index < -0.39 is 29.8 Å². The van der Waals surface area contributed by atoms with Crippen LogP contribution in [0.3, 0.4) is 0 Å². The van der Waals surface area contributed by atoms with Gasteiger partial charge in [-0.3, -0.25) is 13.7 Å². The summed E-state index contributed by atoms with van der Waals surface area (Å²) in [5.41, 5.74) is 11.3. The summed E-state index contributed by atoms with van der Waals surface area (Å²) in [7, 11) is 0. The predicted octanol–water partition coefficient (Wildman–Crippen LogP) is 14.9. The Balaban J connectivity index is 0.000000149. The number of hydrogen-bond donors (Lipinski definition) is 3. The summed E-state index contributed by atoms with van der Waals surface area (Å²) in [5, 5.41) is 29.3. The van der Waals surface area contributed by atoms with Crippen LogP contribution in [0.15, 0.2) is 176 Å². The third kappa shape index (κ3) is 11.6. The van der Waals surface area contributed by atoms with Gasteiger partial charge in [-0.25, -0.2) is 44.3 Å². The summed E-state index contributed by atoms with van der Waals surface area (Å²) >= 11 is 0. The van der Waals surface area contributed by atoms with E-state index in [1.165, 1.54) is 30.3 Å².